The van der Waals surface area contributed by atoms with Crippen molar-refractivity contribution in [3.8, 4) is 0 Å². The zero-order valence-electron chi connectivity index (χ0n) is 10.1. The Morgan fingerprint density at radius 2 is 2.33 bits per heavy atom. The van der Waals surface area contributed by atoms with Gasteiger partial charge in [0.25, 0.3) is 0 Å². The second-order valence-corrected chi connectivity index (χ2v) is 5.47. The lowest BCUT2D eigenvalue weighted by molar-refractivity contribution is -0.113. The minimum Gasteiger partial charge on any atom is -0.330 e. The zero-order chi connectivity index (χ0) is 13.5. The lowest BCUT2D eigenvalue weighted by Crippen LogP contribution is -2.17. The maximum absolute atomic E-state index is 12.9. The number of thioether (sulfide) groups is 1. The van der Waals surface area contributed by atoms with E-state index in [2.05, 4.69) is 5.32 Å². The first-order chi connectivity index (χ1) is 8.52. The largest absolute Gasteiger partial charge is 0.330 e. The molecule has 18 heavy (non-hydrogen) atoms. The molecule has 1 rings (SSSR count). The molecule has 0 heterocycles. The van der Waals surface area contributed by atoms with Gasteiger partial charge in [0.1, 0.15) is 5.82 Å². The van der Waals surface area contributed by atoms with Crippen molar-refractivity contribution in [1.29, 1.82) is 0 Å². The summed E-state index contributed by atoms with van der Waals surface area (Å²) in [6, 6.07) is 4.09. The fourth-order valence-electron chi connectivity index (χ4n) is 1.19. The summed E-state index contributed by atoms with van der Waals surface area (Å²) in [5.41, 5.74) is 5.98. The maximum Gasteiger partial charge on any atom is 0.234 e. The van der Waals surface area contributed by atoms with E-state index in [1.807, 2.05) is 6.92 Å². The summed E-state index contributed by atoms with van der Waals surface area (Å²) in [6.07, 6.45) is 0. The van der Waals surface area contributed by atoms with E-state index in [0.717, 1.165) is 5.75 Å². The Morgan fingerprint density at radius 1 is 1.61 bits per heavy atom. The van der Waals surface area contributed by atoms with Crippen LogP contribution in [0.3, 0.4) is 0 Å². The molecule has 100 valence electrons. The quantitative estimate of drug-likeness (QED) is 0.847. The monoisotopic (exact) mass is 290 g/mol. The molecular weight excluding hydrogens is 275 g/mol. The number of halogens is 2. The number of anilines is 1. The number of nitrogens with two attached hydrogens (primary N) is 1. The number of nitrogens with one attached hydrogen (secondary N) is 1. The summed E-state index contributed by atoms with van der Waals surface area (Å²) in [5.74, 6) is 0.948. The summed E-state index contributed by atoms with van der Waals surface area (Å²) < 4.78 is 12.9. The minimum atomic E-state index is -0.499. The fraction of sp³-hybridized carbons (Fsp3) is 0.417. The molecule has 0 aliphatic rings. The predicted molar refractivity (Wildman–Crippen MR) is 75.6 cm³/mol. The molecule has 1 unspecified atom stereocenters. The Morgan fingerprint density at radius 3 is 2.94 bits per heavy atom. The van der Waals surface area contributed by atoms with Crippen molar-refractivity contribution in [3.05, 3.63) is 29.0 Å². The normalized spacial score (nSPS) is 12.2. The summed E-state index contributed by atoms with van der Waals surface area (Å²) in [5, 5.41) is 2.66. The number of hydrogen-bond acceptors (Lipinski definition) is 3. The average Bonchev–Trinajstić information content (AvgIpc) is 2.33. The van der Waals surface area contributed by atoms with Gasteiger partial charge in [0.05, 0.1) is 10.8 Å². The van der Waals surface area contributed by atoms with Gasteiger partial charge in [-0.15, -0.1) is 0 Å². The summed E-state index contributed by atoms with van der Waals surface area (Å²) in [6.45, 7) is 2.65. The Kier molecular flexibility index (Phi) is 6.46. The Bertz CT molecular complexity index is 417. The van der Waals surface area contributed by atoms with Crippen molar-refractivity contribution in [3.63, 3.8) is 0 Å². The number of hydrogen-bond donors (Lipinski definition) is 2. The zero-order valence-corrected chi connectivity index (χ0v) is 11.7. The predicted octanol–water partition coefficient (Wildman–Crippen LogP) is 2.75. The van der Waals surface area contributed by atoms with Gasteiger partial charge < -0.3 is 11.1 Å². The number of benzene rings is 1. The molecule has 6 heteroatoms. The first-order valence-electron chi connectivity index (χ1n) is 5.55. The van der Waals surface area contributed by atoms with Crippen molar-refractivity contribution < 1.29 is 9.18 Å². The standard InChI is InChI=1S/C12H16ClFN2OS/c1-8(5-15)6-18-7-12(17)16-9-2-3-11(14)10(13)4-9/h2-4,8H,5-7,15H2,1H3,(H,16,17). The van der Waals surface area contributed by atoms with Gasteiger partial charge in [0.2, 0.25) is 5.91 Å². The summed E-state index contributed by atoms with van der Waals surface area (Å²) in [4.78, 5) is 11.6. The first kappa shape index (κ1) is 15.3. The molecule has 0 aromatic heterocycles. The molecule has 0 saturated heterocycles. The van der Waals surface area contributed by atoms with Crippen LogP contribution < -0.4 is 11.1 Å². The third kappa shape index (κ3) is 5.25. The van der Waals surface area contributed by atoms with Gasteiger partial charge in [0, 0.05) is 5.69 Å². The van der Waals surface area contributed by atoms with Crippen molar-refractivity contribution >= 4 is 35.0 Å². The summed E-state index contributed by atoms with van der Waals surface area (Å²) >= 11 is 7.14. The van der Waals surface area contributed by atoms with Gasteiger partial charge in [0.15, 0.2) is 0 Å². The molecule has 0 bridgehead atoms. The van der Waals surface area contributed by atoms with Crippen LogP contribution in [0.25, 0.3) is 0 Å². The van der Waals surface area contributed by atoms with Crippen LogP contribution >= 0.6 is 23.4 Å². The van der Waals surface area contributed by atoms with Gasteiger partial charge in [-0.3, -0.25) is 4.79 Å². The molecule has 0 aliphatic carbocycles. The maximum atomic E-state index is 12.9. The van der Waals surface area contributed by atoms with Gasteiger partial charge >= 0.3 is 0 Å². The lowest BCUT2D eigenvalue weighted by atomic mass is 10.2. The second kappa shape index (κ2) is 7.61. The van der Waals surface area contributed by atoms with Crippen LogP contribution in [-0.4, -0.2) is 24.0 Å². The highest BCUT2D eigenvalue weighted by molar-refractivity contribution is 7.99. The van der Waals surface area contributed by atoms with Gasteiger partial charge in [-0.2, -0.15) is 11.8 Å². The van der Waals surface area contributed by atoms with E-state index in [0.29, 0.717) is 23.9 Å². The third-order valence-electron chi connectivity index (χ3n) is 2.24. The molecule has 3 nitrogen and oxygen atoms in total. The molecule has 1 aromatic rings. The summed E-state index contributed by atoms with van der Waals surface area (Å²) in [7, 11) is 0. The molecule has 0 radical (unpaired) electrons. The van der Waals surface area contributed by atoms with Crippen LogP contribution in [0.2, 0.25) is 5.02 Å². The molecule has 0 fully saturated rings. The van der Waals surface area contributed by atoms with E-state index in [4.69, 9.17) is 17.3 Å². The molecule has 1 amide bonds. The topological polar surface area (TPSA) is 55.1 Å². The van der Waals surface area contributed by atoms with Crippen LogP contribution in [0.15, 0.2) is 18.2 Å². The van der Waals surface area contributed by atoms with E-state index < -0.39 is 5.82 Å². The Balaban J connectivity index is 2.38. The van der Waals surface area contributed by atoms with Gasteiger partial charge in [-0.25, -0.2) is 4.39 Å². The van der Waals surface area contributed by atoms with E-state index in [1.54, 1.807) is 0 Å². The van der Waals surface area contributed by atoms with Crippen LogP contribution in [0.4, 0.5) is 10.1 Å². The van der Waals surface area contributed by atoms with Gasteiger partial charge in [-0.05, 0) is 36.4 Å². The van der Waals surface area contributed by atoms with Crippen LogP contribution in [-0.2, 0) is 4.79 Å². The Labute approximate surface area is 115 Å². The lowest BCUT2D eigenvalue weighted by Gasteiger charge is -2.08. The van der Waals surface area contributed by atoms with E-state index >= 15 is 0 Å². The molecule has 0 saturated carbocycles. The average molecular weight is 291 g/mol. The number of carbonyl (C=O) groups excluding carboxylic acids is 1. The van der Waals surface area contributed by atoms with Crippen LogP contribution in [0.1, 0.15) is 6.92 Å². The first-order valence-corrected chi connectivity index (χ1v) is 7.09. The third-order valence-corrected chi connectivity index (χ3v) is 3.80. The SMILES string of the molecule is CC(CN)CSCC(=O)Nc1ccc(F)c(Cl)c1. The Hall–Kier alpha value is -0.780. The van der Waals surface area contributed by atoms with E-state index in [9.17, 15) is 9.18 Å². The highest BCUT2D eigenvalue weighted by atomic mass is 35.5. The molecular formula is C12H16ClFN2OS. The second-order valence-electron chi connectivity index (χ2n) is 4.03. The van der Waals surface area contributed by atoms with Crippen molar-refractivity contribution in [1.82, 2.24) is 0 Å². The molecule has 0 aliphatic heterocycles. The molecule has 0 spiro atoms. The van der Waals surface area contributed by atoms with Gasteiger partial charge in [-0.1, -0.05) is 18.5 Å². The van der Waals surface area contributed by atoms with Crippen molar-refractivity contribution in [2.24, 2.45) is 11.7 Å². The smallest absolute Gasteiger partial charge is 0.234 e. The molecule has 3 N–H and O–H groups in total. The van der Waals surface area contributed by atoms with Crippen molar-refractivity contribution in [2.45, 2.75) is 6.92 Å². The number of rotatable bonds is 6. The van der Waals surface area contributed by atoms with Crippen LogP contribution in [0, 0.1) is 11.7 Å². The van der Waals surface area contributed by atoms with Crippen molar-refractivity contribution in [2.75, 3.05) is 23.4 Å². The highest BCUT2D eigenvalue weighted by Gasteiger charge is 2.06. The molecule has 1 aromatic carbocycles. The molecule has 1 atom stereocenters. The fourth-order valence-corrected chi connectivity index (χ4v) is 2.29. The van der Waals surface area contributed by atoms with Crippen LogP contribution in [0.5, 0.6) is 0 Å². The highest BCUT2D eigenvalue weighted by Crippen LogP contribution is 2.19. The number of carbonyl (C=O) groups is 1. The van der Waals surface area contributed by atoms with E-state index in [-0.39, 0.29) is 10.9 Å². The van der Waals surface area contributed by atoms with E-state index in [1.165, 1.54) is 30.0 Å². The number of amides is 1. The minimum absolute atomic E-state index is 0.00259.